The minimum atomic E-state index is -0.337. The summed E-state index contributed by atoms with van der Waals surface area (Å²) in [6.07, 6.45) is 1.02. The largest absolute Gasteiger partial charge is 0.366 e. The molecule has 1 aromatic carbocycles. The molecule has 1 aromatic rings. The van der Waals surface area contributed by atoms with E-state index in [0.29, 0.717) is 11.5 Å². The van der Waals surface area contributed by atoms with Gasteiger partial charge >= 0.3 is 0 Å². The maximum absolute atomic E-state index is 11.1. The SMILES string of the molecule is CC[C@@H](C)c1ccccc1C(N)=O. The molecule has 0 aliphatic heterocycles. The van der Waals surface area contributed by atoms with E-state index in [1.54, 1.807) is 6.07 Å². The summed E-state index contributed by atoms with van der Waals surface area (Å²) in [5.74, 6) is 0.0552. The Labute approximate surface area is 78.8 Å². The minimum absolute atomic E-state index is 0.337. The van der Waals surface area contributed by atoms with Crippen molar-refractivity contribution in [3.8, 4) is 0 Å². The molecule has 0 aliphatic carbocycles. The van der Waals surface area contributed by atoms with Crippen LogP contribution < -0.4 is 5.73 Å². The highest BCUT2D eigenvalue weighted by atomic mass is 16.1. The highest BCUT2D eigenvalue weighted by Crippen LogP contribution is 2.21. The van der Waals surface area contributed by atoms with Crippen molar-refractivity contribution in [1.82, 2.24) is 0 Å². The van der Waals surface area contributed by atoms with Crippen LogP contribution in [-0.4, -0.2) is 5.91 Å². The number of rotatable bonds is 3. The van der Waals surface area contributed by atoms with Crippen molar-refractivity contribution < 1.29 is 4.79 Å². The van der Waals surface area contributed by atoms with E-state index < -0.39 is 0 Å². The first-order valence-electron chi connectivity index (χ1n) is 4.55. The molecule has 0 saturated carbocycles. The van der Waals surface area contributed by atoms with Gasteiger partial charge in [-0.15, -0.1) is 0 Å². The molecule has 0 aromatic heterocycles. The molecule has 0 fully saturated rings. The molecule has 1 atom stereocenters. The predicted molar refractivity (Wildman–Crippen MR) is 53.7 cm³/mol. The van der Waals surface area contributed by atoms with Crippen LogP contribution in [0.4, 0.5) is 0 Å². The maximum Gasteiger partial charge on any atom is 0.248 e. The summed E-state index contributed by atoms with van der Waals surface area (Å²) < 4.78 is 0. The van der Waals surface area contributed by atoms with E-state index in [4.69, 9.17) is 5.73 Å². The molecule has 2 N–H and O–H groups in total. The van der Waals surface area contributed by atoms with Crippen LogP contribution in [0.25, 0.3) is 0 Å². The summed E-state index contributed by atoms with van der Waals surface area (Å²) in [6.45, 7) is 4.20. The third-order valence-corrected chi connectivity index (χ3v) is 2.37. The van der Waals surface area contributed by atoms with E-state index in [2.05, 4.69) is 13.8 Å². The van der Waals surface area contributed by atoms with Gasteiger partial charge in [-0.1, -0.05) is 32.0 Å². The van der Waals surface area contributed by atoms with Crippen LogP contribution in [0.2, 0.25) is 0 Å². The Morgan fingerprint density at radius 1 is 1.46 bits per heavy atom. The van der Waals surface area contributed by atoms with Gasteiger partial charge in [0.2, 0.25) is 5.91 Å². The van der Waals surface area contributed by atoms with Gasteiger partial charge in [-0.2, -0.15) is 0 Å². The first-order chi connectivity index (χ1) is 6.16. The van der Waals surface area contributed by atoms with Crippen molar-refractivity contribution in [2.45, 2.75) is 26.2 Å². The zero-order valence-electron chi connectivity index (χ0n) is 8.08. The van der Waals surface area contributed by atoms with Crippen molar-refractivity contribution in [3.05, 3.63) is 35.4 Å². The smallest absolute Gasteiger partial charge is 0.248 e. The summed E-state index contributed by atoms with van der Waals surface area (Å²) in [5, 5.41) is 0. The number of hydrogen-bond acceptors (Lipinski definition) is 1. The average molecular weight is 177 g/mol. The van der Waals surface area contributed by atoms with Crippen LogP contribution in [0.1, 0.15) is 42.1 Å². The second-order valence-electron chi connectivity index (χ2n) is 3.26. The topological polar surface area (TPSA) is 43.1 Å². The van der Waals surface area contributed by atoms with Crippen LogP contribution in [0, 0.1) is 0 Å². The highest BCUT2D eigenvalue weighted by Gasteiger charge is 2.11. The van der Waals surface area contributed by atoms with Crippen LogP contribution in [0.15, 0.2) is 24.3 Å². The normalized spacial score (nSPS) is 12.5. The lowest BCUT2D eigenvalue weighted by Gasteiger charge is -2.11. The third-order valence-electron chi connectivity index (χ3n) is 2.37. The number of primary amides is 1. The number of hydrogen-bond donors (Lipinski definition) is 1. The van der Waals surface area contributed by atoms with Gasteiger partial charge in [0.1, 0.15) is 0 Å². The van der Waals surface area contributed by atoms with E-state index in [9.17, 15) is 4.79 Å². The zero-order valence-corrected chi connectivity index (χ0v) is 8.08. The summed E-state index contributed by atoms with van der Waals surface area (Å²) in [5.41, 5.74) is 6.97. The van der Waals surface area contributed by atoms with E-state index in [1.807, 2.05) is 18.2 Å². The molecule has 70 valence electrons. The molecule has 0 saturated heterocycles. The molecule has 2 nitrogen and oxygen atoms in total. The van der Waals surface area contributed by atoms with Gasteiger partial charge < -0.3 is 5.73 Å². The van der Waals surface area contributed by atoms with Crippen LogP contribution in [0.5, 0.6) is 0 Å². The van der Waals surface area contributed by atoms with Crippen molar-refractivity contribution in [3.63, 3.8) is 0 Å². The number of amides is 1. The summed E-state index contributed by atoms with van der Waals surface area (Å²) >= 11 is 0. The average Bonchev–Trinajstić information content (AvgIpc) is 2.16. The first kappa shape index (κ1) is 9.78. The van der Waals surface area contributed by atoms with Crippen molar-refractivity contribution in [2.75, 3.05) is 0 Å². The van der Waals surface area contributed by atoms with Crippen molar-refractivity contribution in [2.24, 2.45) is 5.73 Å². The molecule has 0 heterocycles. The van der Waals surface area contributed by atoms with Gasteiger partial charge in [-0.3, -0.25) is 4.79 Å². The fourth-order valence-electron chi connectivity index (χ4n) is 1.37. The molecule has 0 spiro atoms. The second kappa shape index (κ2) is 4.08. The molecule has 0 aliphatic rings. The number of benzene rings is 1. The molecular formula is C11H15NO. The highest BCUT2D eigenvalue weighted by molar-refractivity contribution is 5.94. The van der Waals surface area contributed by atoms with Gasteiger partial charge in [0.05, 0.1) is 0 Å². The van der Waals surface area contributed by atoms with Gasteiger partial charge in [-0.25, -0.2) is 0 Å². The monoisotopic (exact) mass is 177 g/mol. The molecule has 0 bridgehead atoms. The van der Waals surface area contributed by atoms with Crippen molar-refractivity contribution >= 4 is 5.91 Å². The van der Waals surface area contributed by atoms with Crippen LogP contribution >= 0.6 is 0 Å². The molecule has 0 unspecified atom stereocenters. The number of nitrogens with two attached hydrogens (primary N) is 1. The fourth-order valence-corrected chi connectivity index (χ4v) is 1.37. The molecule has 2 heteroatoms. The zero-order chi connectivity index (χ0) is 9.84. The van der Waals surface area contributed by atoms with Crippen LogP contribution in [-0.2, 0) is 0 Å². The minimum Gasteiger partial charge on any atom is -0.366 e. The Hall–Kier alpha value is -1.31. The Morgan fingerprint density at radius 3 is 2.62 bits per heavy atom. The lowest BCUT2D eigenvalue weighted by Crippen LogP contribution is -2.14. The van der Waals surface area contributed by atoms with E-state index in [-0.39, 0.29) is 5.91 Å². The lowest BCUT2D eigenvalue weighted by molar-refractivity contribution is 0.0999. The first-order valence-corrected chi connectivity index (χ1v) is 4.55. The molecule has 0 radical (unpaired) electrons. The van der Waals surface area contributed by atoms with E-state index in [0.717, 1.165) is 12.0 Å². The molecule has 1 amide bonds. The third kappa shape index (κ3) is 2.08. The number of carbonyl (C=O) groups is 1. The van der Waals surface area contributed by atoms with Crippen LogP contribution in [0.3, 0.4) is 0 Å². The molecular weight excluding hydrogens is 162 g/mol. The molecule has 13 heavy (non-hydrogen) atoms. The lowest BCUT2D eigenvalue weighted by atomic mass is 9.93. The standard InChI is InChI=1S/C11H15NO/c1-3-8(2)9-6-4-5-7-10(9)11(12)13/h4-8H,3H2,1-2H3,(H2,12,13)/t8-/m1/s1. The van der Waals surface area contributed by atoms with Gasteiger partial charge in [0.25, 0.3) is 0 Å². The summed E-state index contributed by atoms with van der Waals surface area (Å²) in [4.78, 5) is 11.1. The Kier molecular flexibility index (Phi) is 3.07. The second-order valence-corrected chi connectivity index (χ2v) is 3.26. The molecule has 1 rings (SSSR count). The van der Waals surface area contributed by atoms with Gasteiger partial charge in [0.15, 0.2) is 0 Å². The Balaban J connectivity index is 3.11. The van der Waals surface area contributed by atoms with Gasteiger partial charge in [-0.05, 0) is 24.0 Å². The fraction of sp³-hybridized carbons (Fsp3) is 0.364. The maximum atomic E-state index is 11.1. The van der Waals surface area contributed by atoms with Gasteiger partial charge in [0, 0.05) is 5.56 Å². The Morgan fingerprint density at radius 2 is 2.08 bits per heavy atom. The summed E-state index contributed by atoms with van der Waals surface area (Å²) in [6, 6.07) is 7.53. The van der Waals surface area contributed by atoms with E-state index >= 15 is 0 Å². The summed E-state index contributed by atoms with van der Waals surface area (Å²) in [7, 11) is 0. The number of carbonyl (C=O) groups excluding carboxylic acids is 1. The quantitative estimate of drug-likeness (QED) is 0.756. The van der Waals surface area contributed by atoms with Crippen molar-refractivity contribution in [1.29, 1.82) is 0 Å². The predicted octanol–water partition coefficient (Wildman–Crippen LogP) is 2.30. The Bertz CT molecular complexity index is 307. The van der Waals surface area contributed by atoms with E-state index in [1.165, 1.54) is 0 Å².